The second-order valence-corrected chi connectivity index (χ2v) is 4.49. The first-order valence-electron chi connectivity index (χ1n) is 5.02. The molecule has 0 aliphatic carbocycles. The minimum atomic E-state index is 0.383. The van der Waals surface area contributed by atoms with E-state index in [1.807, 2.05) is 31.4 Å². The van der Waals surface area contributed by atoms with Crippen molar-refractivity contribution in [3.05, 3.63) is 40.7 Å². The summed E-state index contributed by atoms with van der Waals surface area (Å²) in [6.45, 7) is 0.383. The van der Waals surface area contributed by atoms with Crippen LogP contribution in [-0.4, -0.2) is 15.0 Å². The summed E-state index contributed by atoms with van der Waals surface area (Å²) in [6, 6.07) is 5.59. The molecule has 2 rings (SSSR count). The highest BCUT2D eigenvalue weighted by molar-refractivity contribution is 9.08. The van der Waals surface area contributed by atoms with Gasteiger partial charge in [-0.3, -0.25) is 4.68 Å². The van der Waals surface area contributed by atoms with E-state index in [2.05, 4.69) is 26.2 Å². The van der Waals surface area contributed by atoms with Gasteiger partial charge in [0.05, 0.1) is 6.20 Å². The minimum absolute atomic E-state index is 0.383. The van der Waals surface area contributed by atoms with E-state index in [0.717, 1.165) is 17.0 Å². The molecule has 0 aliphatic rings. The lowest BCUT2D eigenvalue weighted by Crippen LogP contribution is -1.98. The van der Waals surface area contributed by atoms with Gasteiger partial charge in [-0.15, -0.1) is 5.10 Å². The largest absolute Gasteiger partial charge is 0.487 e. The number of hydrogen-bond acceptors (Lipinski definition) is 3. The number of rotatable bonds is 4. The van der Waals surface area contributed by atoms with E-state index >= 15 is 0 Å². The molecule has 0 unspecified atom stereocenters. The van der Waals surface area contributed by atoms with Crippen LogP contribution in [-0.2, 0) is 19.0 Å². The van der Waals surface area contributed by atoms with Gasteiger partial charge in [0, 0.05) is 23.0 Å². The molecule has 0 atom stereocenters. The van der Waals surface area contributed by atoms with Crippen LogP contribution in [0.5, 0.6) is 5.75 Å². The highest BCUT2D eigenvalue weighted by Gasteiger charge is 2.07. The van der Waals surface area contributed by atoms with E-state index in [1.165, 1.54) is 0 Å². The molecular weight excluding hydrogens is 305 g/mol. The molecule has 0 radical (unpaired) electrons. The number of benzene rings is 1. The van der Waals surface area contributed by atoms with Crippen molar-refractivity contribution < 1.29 is 4.74 Å². The van der Waals surface area contributed by atoms with Gasteiger partial charge >= 0.3 is 0 Å². The summed E-state index contributed by atoms with van der Waals surface area (Å²) in [5.74, 6) is 0.764. The Morgan fingerprint density at radius 1 is 1.47 bits per heavy atom. The Morgan fingerprint density at radius 2 is 2.29 bits per heavy atom. The fourth-order valence-corrected chi connectivity index (χ4v) is 2.39. The third-order valence-electron chi connectivity index (χ3n) is 2.24. The average molecular weight is 317 g/mol. The van der Waals surface area contributed by atoms with Crippen LogP contribution < -0.4 is 4.74 Å². The summed E-state index contributed by atoms with van der Waals surface area (Å²) in [4.78, 5) is 0. The Bertz CT molecular complexity index is 515. The van der Waals surface area contributed by atoms with Crippen LogP contribution in [0.25, 0.3) is 0 Å². The van der Waals surface area contributed by atoms with E-state index in [-0.39, 0.29) is 0 Å². The summed E-state index contributed by atoms with van der Waals surface area (Å²) in [5.41, 5.74) is 1.73. The smallest absolute Gasteiger partial charge is 0.134 e. The fraction of sp³-hybridized carbons (Fsp3) is 0.273. The van der Waals surface area contributed by atoms with Crippen molar-refractivity contribution in [3.8, 4) is 5.75 Å². The maximum absolute atomic E-state index is 6.07. The van der Waals surface area contributed by atoms with E-state index in [4.69, 9.17) is 16.3 Å². The van der Waals surface area contributed by atoms with Gasteiger partial charge in [-0.1, -0.05) is 38.8 Å². The molecule has 0 saturated carbocycles. The number of halogens is 2. The van der Waals surface area contributed by atoms with Gasteiger partial charge in [0.1, 0.15) is 18.1 Å². The van der Waals surface area contributed by atoms with Gasteiger partial charge in [0.25, 0.3) is 0 Å². The molecule has 0 aliphatic heterocycles. The van der Waals surface area contributed by atoms with Crippen LogP contribution >= 0.6 is 27.5 Å². The van der Waals surface area contributed by atoms with Crippen LogP contribution in [0.4, 0.5) is 0 Å². The van der Waals surface area contributed by atoms with Crippen molar-refractivity contribution in [2.24, 2.45) is 7.05 Å². The molecule has 0 amide bonds. The zero-order valence-electron chi connectivity index (χ0n) is 9.23. The fourth-order valence-electron chi connectivity index (χ4n) is 1.42. The molecule has 0 fully saturated rings. The standard InChI is InChI=1S/C11H11BrClN3O/c1-16-6-8(14-15-16)7-17-11-4-2-3-10(13)9(11)5-12/h2-4,6H,5,7H2,1H3. The molecule has 1 heterocycles. The topological polar surface area (TPSA) is 39.9 Å². The van der Waals surface area contributed by atoms with E-state index in [1.54, 1.807) is 4.68 Å². The number of nitrogens with zero attached hydrogens (tertiary/aromatic N) is 3. The Balaban J connectivity index is 2.11. The summed E-state index contributed by atoms with van der Waals surface area (Å²) in [5, 5.41) is 9.14. The third-order valence-corrected chi connectivity index (χ3v) is 3.15. The monoisotopic (exact) mass is 315 g/mol. The molecule has 0 saturated heterocycles. The SMILES string of the molecule is Cn1cc(COc2cccc(Cl)c2CBr)nn1. The molecule has 4 nitrogen and oxygen atoms in total. The molecule has 2 aromatic rings. The second kappa shape index (κ2) is 5.51. The molecule has 6 heteroatoms. The Hall–Kier alpha value is -1.07. The maximum Gasteiger partial charge on any atom is 0.134 e. The van der Waals surface area contributed by atoms with Crippen LogP contribution in [0.15, 0.2) is 24.4 Å². The first-order valence-corrected chi connectivity index (χ1v) is 6.52. The normalized spacial score (nSPS) is 10.5. The van der Waals surface area contributed by atoms with Gasteiger partial charge in [-0.25, -0.2) is 0 Å². The molecule has 0 spiro atoms. The van der Waals surface area contributed by atoms with Crippen molar-refractivity contribution in [3.63, 3.8) is 0 Å². The lowest BCUT2D eigenvalue weighted by Gasteiger charge is -2.09. The highest BCUT2D eigenvalue weighted by Crippen LogP contribution is 2.28. The van der Waals surface area contributed by atoms with Crippen LogP contribution in [0.3, 0.4) is 0 Å². The van der Waals surface area contributed by atoms with Crippen molar-refractivity contribution in [2.45, 2.75) is 11.9 Å². The van der Waals surface area contributed by atoms with Gasteiger partial charge in [-0.2, -0.15) is 0 Å². The lowest BCUT2D eigenvalue weighted by molar-refractivity contribution is 0.299. The first-order chi connectivity index (χ1) is 8.20. The van der Waals surface area contributed by atoms with Gasteiger partial charge in [0.2, 0.25) is 0 Å². The lowest BCUT2D eigenvalue weighted by atomic mass is 10.2. The zero-order valence-corrected chi connectivity index (χ0v) is 11.6. The molecule has 1 aromatic heterocycles. The highest BCUT2D eigenvalue weighted by atomic mass is 79.9. The Morgan fingerprint density at radius 3 is 2.94 bits per heavy atom. The van der Waals surface area contributed by atoms with Gasteiger partial charge in [0.15, 0.2) is 0 Å². The third kappa shape index (κ3) is 2.98. The number of alkyl halides is 1. The molecular formula is C11H11BrClN3O. The van der Waals surface area contributed by atoms with Crippen LogP contribution in [0.2, 0.25) is 5.02 Å². The maximum atomic E-state index is 6.07. The molecule has 17 heavy (non-hydrogen) atoms. The number of hydrogen-bond donors (Lipinski definition) is 0. The summed E-state index contributed by atoms with van der Waals surface area (Å²) >= 11 is 9.47. The van der Waals surface area contributed by atoms with Gasteiger partial charge < -0.3 is 4.74 Å². The van der Waals surface area contributed by atoms with E-state index in [0.29, 0.717) is 17.0 Å². The second-order valence-electron chi connectivity index (χ2n) is 3.52. The van der Waals surface area contributed by atoms with Crippen LogP contribution in [0, 0.1) is 0 Å². The first kappa shape index (κ1) is 12.4. The molecule has 0 bridgehead atoms. The predicted molar refractivity (Wildman–Crippen MR) is 69.4 cm³/mol. The van der Waals surface area contributed by atoms with E-state index < -0.39 is 0 Å². The van der Waals surface area contributed by atoms with Crippen molar-refractivity contribution in [2.75, 3.05) is 0 Å². The Kier molecular flexibility index (Phi) is 4.02. The molecule has 1 aromatic carbocycles. The number of aryl methyl sites for hydroxylation is 1. The molecule has 0 N–H and O–H groups in total. The van der Waals surface area contributed by atoms with Crippen LogP contribution in [0.1, 0.15) is 11.3 Å². The summed E-state index contributed by atoms with van der Waals surface area (Å²) in [7, 11) is 1.82. The van der Waals surface area contributed by atoms with Crippen molar-refractivity contribution in [1.29, 1.82) is 0 Å². The predicted octanol–water partition coefficient (Wildman–Crippen LogP) is 2.94. The quantitative estimate of drug-likeness (QED) is 0.814. The number of aromatic nitrogens is 3. The zero-order chi connectivity index (χ0) is 12.3. The van der Waals surface area contributed by atoms with E-state index in [9.17, 15) is 0 Å². The number of ether oxygens (including phenoxy) is 1. The van der Waals surface area contributed by atoms with Gasteiger partial charge in [-0.05, 0) is 12.1 Å². The van der Waals surface area contributed by atoms with Crippen molar-refractivity contribution in [1.82, 2.24) is 15.0 Å². The average Bonchev–Trinajstić information content (AvgIpc) is 2.72. The Labute approximate surface area is 113 Å². The summed E-state index contributed by atoms with van der Waals surface area (Å²) < 4.78 is 7.32. The minimum Gasteiger partial charge on any atom is -0.487 e. The van der Waals surface area contributed by atoms with Crippen molar-refractivity contribution >= 4 is 27.5 Å². The summed E-state index contributed by atoms with van der Waals surface area (Å²) in [6.07, 6.45) is 1.82. The molecule has 90 valence electrons.